The summed E-state index contributed by atoms with van der Waals surface area (Å²) in [6.07, 6.45) is 3.79. The molecule has 0 radical (unpaired) electrons. The van der Waals surface area contributed by atoms with Crippen LogP contribution in [0.5, 0.6) is 5.75 Å². The molecule has 6 nitrogen and oxygen atoms in total. The van der Waals surface area contributed by atoms with Crippen LogP contribution >= 0.6 is 12.4 Å². The SMILES string of the molecule is CC1(N)CCCCC1C(=O)Nc1ccc(OCC(N)=O)cc1.Cl. The first-order valence-corrected chi connectivity index (χ1v) is 7.49. The van der Waals surface area contributed by atoms with Crippen molar-refractivity contribution in [1.29, 1.82) is 0 Å². The van der Waals surface area contributed by atoms with Gasteiger partial charge in [0.15, 0.2) is 6.61 Å². The number of halogens is 1. The molecule has 1 aromatic carbocycles. The number of carbonyl (C=O) groups is 2. The van der Waals surface area contributed by atoms with E-state index >= 15 is 0 Å². The summed E-state index contributed by atoms with van der Waals surface area (Å²) in [5.41, 5.74) is 11.5. The molecule has 128 valence electrons. The minimum atomic E-state index is -0.531. The monoisotopic (exact) mass is 341 g/mol. The molecule has 2 atom stereocenters. The number of ether oxygens (including phenoxy) is 1. The highest BCUT2D eigenvalue weighted by Gasteiger charge is 2.37. The molecule has 5 N–H and O–H groups in total. The Hall–Kier alpha value is -1.79. The van der Waals surface area contributed by atoms with Crippen LogP contribution in [0.25, 0.3) is 0 Å². The fraction of sp³-hybridized carbons (Fsp3) is 0.500. The number of rotatable bonds is 5. The van der Waals surface area contributed by atoms with E-state index in [9.17, 15) is 9.59 Å². The van der Waals surface area contributed by atoms with Gasteiger partial charge in [-0.25, -0.2) is 0 Å². The molecule has 2 rings (SSSR count). The number of anilines is 1. The Morgan fingerprint density at radius 3 is 2.52 bits per heavy atom. The predicted molar refractivity (Wildman–Crippen MR) is 91.6 cm³/mol. The van der Waals surface area contributed by atoms with E-state index < -0.39 is 11.4 Å². The maximum atomic E-state index is 12.4. The summed E-state index contributed by atoms with van der Waals surface area (Å²) in [5, 5.41) is 2.89. The van der Waals surface area contributed by atoms with E-state index in [0.29, 0.717) is 11.4 Å². The van der Waals surface area contributed by atoms with E-state index in [1.165, 1.54) is 0 Å². The first kappa shape index (κ1) is 19.3. The summed E-state index contributed by atoms with van der Waals surface area (Å²) >= 11 is 0. The zero-order valence-corrected chi connectivity index (χ0v) is 14.0. The van der Waals surface area contributed by atoms with Gasteiger partial charge >= 0.3 is 0 Å². The highest BCUT2D eigenvalue weighted by Crippen LogP contribution is 2.32. The number of carbonyl (C=O) groups excluding carboxylic acids is 2. The molecule has 0 bridgehead atoms. The Labute approximate surface area is 142 Å². The number of nitrogens with one attached hydrogen (secondary N) is 1. The number of primary amides is 1. The summed E-state index contributed by atoms with van der Waals surface area (Å²) in [4.78, 5) is 23.0. The third-order valence-corrected chi connectivity index (χ3v) is 4.07. The summed E-state index contributed by atoms with van der Waals surface area (Å²) in [5.74, 6) is -0.224. The van der Waals surface area contributed by atoms with Crippen LogP contribution in [-0.4, -0.2) is 24.0 Å². The van der Waals surface area contributed by atoms with E-state index in [0.717, 1.165) is 25.7 Å². The molecule has 0 aromatic heterocycles. The Morgan fingerprint density at radius 1 is 1.30 bits per heavy atom. The molecule has 23 heavy (non-hydrogen) atoms. The van der Waals surface area contributed by atoms with E-state index in [-0.39, 0.29) is 30.8 Å². The maximum absolute atomic E-state index is 12.4. The third-order valence-electron chi connectivity index (χ3n) is 4.07. The fourth-order valence-corrected chi connectivity index (χ4v) is 2.81. The van der Waals surface area contributed by atoms with Gasteiger partial charge in [-0.3, -0.25) is 9.59 Å². The third kappa shape index (κ3) is 5.41. The molecular weight excluding hydrogens is 318 g/mol. The molecule has 0 spiro atoms. The van der Waals surface area contributed by atoms with Crippen molar-refractivity contribution in [2.24, 2.45) is 17.4 Å². The van der Waals surface area contributed by atoms with Gasteiger partial charge in [-0.05, 0) is 44.0 Å². The van der Waals surface area contributed by atoms with Gasteiger partial charge in [0, 0.05) is 11.2 Å². The Balaban J connectivity index is 0.00000264. The van der Waals surface area contributed by atoms with Crippen LogP contribution in [0.3, 0.4) is 0 Å². The lowest BCUT2D eigenvalue weighted by Gasteiger charge is -2.37. The van der Waals surface area contributed by atoms with Crippen LogP contribution in [0.4, 0.5) is 5.69 Å². The van der Waals surface area contributed by atoms with Gasteiger partial charge in [0.1, 0.15) is 5.75 Å². The van der Waals surface area contributed by atoms with E-state index in [1.54, 1.807) is 24.3 Å². The number of benzene rings is 1. The van der Waals surface area contributed by atoms with Crippen LogP contribution in [0.15, 0.2) is 24.3 Å². The molecule has 1 aliphatic rings. The summed E-state index contributed by atoms with van der Waals surface area (Å²) in [6, 6.07) is 6.82. The van der Waals surface area contributed by atoms with E-state index in [2.05, 4.69) is 5.32 Å². The van der Waals surface area contributed by atoms with Crippen molar-refractivity contribution in [1.82, 2.24) is 0 Å². The Kier molecular flexibility index (Phi) is 6.84. The average Bonchev–Trinajstić information content (AvgIpc) is 2.46. The topological polar surface area (TPSA) is 107 Å². The average molecular weight is 342 g/mol. The molecular formula is C16H24ClN3O3. The highest BCUT2D eigenvalue weighted by molar-refractivity contribution is 5.93. The number of hydrogen-bond acceptors (Lipinski definition) is 4. The van der Waals surface area contributed by atoms with Gasteiger partial charge in [0.05, 0.1) is 5.92 Å². The largest absolute Gasteiger partial charge is 0.484 e. The van der Waals surface area contributed by atoms with Crippen molar-refractivity contribution in [3.05, 3.63) is 24.3 Å². The van der Waals surface area contributed by atoms with E-state index in [1.807, 2.05) is 6.92 Å². The molecule has 1 aliphatic carbocycles. The smallest absolute Gasteiger partial charge is 0.255 e. The zero-order chi connectivity index (χ0) is 16.2. The van der Waals surface area contributed by atoms with Crippen molar-refractivity contribution < 1.29 is 14.3 Å². The van der Waals surface area contributed by atoms with Crippen molar-refractivity contribution in [2.75, 3.05) is 11.9 Å². The predicted octanol–water partition coefficient (Wildman–Crippen LogP) is 1.82. The van der Waals surface area contributed by atoms with Crippen molar-refractivity contribution in [2.45, 2.75) is 38.1 Å². The quantitative estimate of drug-likeness (QED) is 0.759. The second-order valence-corrected chi connectivity index (χ2v) is 6.07. The molecule has 2 amide bonds. The van der Waals surface area contributed by atoms with Crippen molar-refractivity contribution in [3.8, 4) is 5.75 Å². The second-order valence-electron chi connectivity index (χ2n) is 6.07. The zero-order valence-electron chi connectivity index (χ0n) is 13.2. The highest BCUT2D eigenvalue weighted by atomic mass is 35.5. The molecule has 0 heterocycles. The van der Waals surface area contributed by atoms with Crippen LogP contribution in [-0.2, 0) is 9.59 Å². The number of hydrogen-bond donors (Lipinski definition) is 3. The molecule has 1 fully saturated rings. The van der Waals surface area contributed by atoms with E-state index in [4.69, 9.17) is 16.2 Å². The van der Waals surface area contributed by atoms with Crippen molar-refractivity contribution in [3.63, 3.8) is 0 Å². The number of nitrogens with two attached hydrogens (primary N) is 2. The van der Waals surface area contributed by atoms with Gasteiger partial charge in [-0.1, -0.05) is 12.8 Å². The second kappa shape index (κ2) is 8.17. The standard InChI is InChI=1S/C16H23N3O3.ClH/c1-16(18)9-3-2-4-13(16)15(21)19-11-5-7-12(8-6-11)22-10-14(17)20;/h5-8,13H,2-4,9-10,18H2,1H3,(H2,17,20)(H,19,21);1H. The van der Waals surface area contributed by atoms with Gasteiger partial charge in [-0.15, -0.1) is 12.4 Å². The normalized spacial score (nSPS) is 23.5. The van der Waals surface area contributed by atoms with Gasteiger partial charge < -0.3 is 21.5 Å². The molecule has 1 saturated carbocycles. The molecule has 1 aromatic rings. The molecule has 0 saturated heterocycles. The summed E-state index contributed by atoms with van der Waals surface area (Å²) < 4.78 is 5.17. The van der Waals surface area contributed by atoms with Crippen LogP contribution in [0.2, 0.25) is 0 Å². The van der Waals surface area contributed by atoms with Crippen LogP contribution in [0, 0.1) is 5.92 Å². The first-order chi connectivity index (χ1) is 10.4. The first-order valence-electron chi connectivity index (χ1n) is 7.49. The van der Waals surface area contributed by atoms with Crippen LogP contribution in [0.1, 0.15) is 32.6 Å². The molecule has 0 aliphatic heterocycles. The lowest BCUT2D eigenvalue weighted by atomic mass is 9.74. The number of amides is 2. The Bertz CT molecular complexity index is 546. The minimum absolute atomic E-state index is 0. The van der Waals surface area contributed by atoms with Gasteiger partial charge in [0.25, 0.3) is 5.91 Å². The maximum Gasteiger partial charge on any atom is 0.255 e. The minimum Gasteiger partial charge on any atom is -0.484 e. The molecule has 7 heteroatoms. The lowest BCUT2D eigenvalue weighted by molar-refractivity contribution is -0.123. The Morgan fingerprint density at radius 2 is 1.96 bits per heavy atom. The molecule has 2 unspecified atom stereocenters. The lowest BCUT2D eigenvalue weighted by Crippen LogP contribution is -2.51. The van der Waals surface area contributed by atoms with Crippen LogP contribution < -0.4 is 21.5 Å². The fourth-order valence-electron chi connectivity index (χ4n) is 2.81. The van der Waals surface area contributed by atoms with Gasteiger partial charge in [-0.2, -0.15) is 0 Å². The summed E-state index contributed by atoms with van der Waals surface area (Å²) in [6.45, 7) is 1.77. The summed E-state index contributed by atoms with van der Waals surface area (Å²) in [7, 11) is 0. The van der Waals surface area contributed by atoms with Crippen molar-refractivity contribution >= 4 is 29.9 Å². The van der Waals surface area contributed by atoms with Gasteiger partial charge in [0.2, 0.25) is 5.91 Å².